The highest BCUT2D eigenvalue weighted by atomic mass is 16.1. The van der Waals surface area contributed by atoms with Gasteiger partial charge in [-0.15, -0.1) is 0 Å². The van der Waals surface area contributed by atoms with Gasteiger partial charge in [0.2, 0.25) is 0 Å². The Morgan fingerprint density at radius 2 is 2.23 bits per heavy atom. The fourth-order valence-electron chi connectivity index (χ4n) is 2.78. The fraction of sp³-hybridized carbons (Fsp3) is 0.636. The lowest BCUT2D eigenvalue weighted by Gasteiger charge is -2.32. The summed E-state index contributed by atoms with van der Waals surface area (Å²) < 4.78 is 0. The van der Waals surface area contributed by atoms with Crippen LogP contribution in [0.15, 0.2) is 12.2 Å². The Labute approximate surface area is 78.2 Å². The molecule has 0 radical (unpaired) electrons. The maximum Gasteiger partial charge on any atom is 0.157 e. The summed E-state index contributed by atoms with van der Waals surface area (Å²) in [6.07, 6.45) is 4.41. The van der Waals surface area contributed by atoms with E-state index in [2.05, 4.69) is 12.6 Å². The highest BCUT2D eigenvalue weighted by Crippen LogP contribution is 2.52. The topological polar surface area (TPSA) is 40.9 Å². The molecule has 0 saturated heterocycles. The number of hydrogen-bond acceptors (Lipinski definition) is 2. The lowest BCUT2D eigenvalue weighted by Crippen LogP contribution is -2.37. The summed E-state index contributed by atoms with van der Waals surface area (Å²) in [7, 11) is 0. The van der Waals surface area contributed by atoms with Gasteiger partial charge in [-0.2, -0.15) is 5.26 Å². The molecule has 0 spiro atoms. The van der Waals surface area contributed by atoms with E-state index in [0.29, 0.717) is 6.42 Å². The van der Waals surface area contributed by atoms with Crippen molar-refractivity contribution in [3.63, 3.8) is 0 Å². The Morgan fingerprint density at radius 1 is 1.46 bits per heavy atom. The molecule has 2 aliphatic rings. The van der Waals surface area contributed by atoms with Crippen LogP contribution in [-0.4, -0.2) is 5.78 Å². The number of ketones is 1. The minimum absolute atomic E-state index is 0.119. The first-order valence-electron chi connectivity index (χ1n) is 4.84. The molecule has 2 nitrogen and oxygen atoms in total. The van der Waals surface area contributed by atoms with Gasteiger partial charge >= 0.3 is 0 Å². The number of carbonyl (C=O) groups is 1. The van der Waals surface area contributed by atoms with Gasteiger partial charge in [-0.3, -0.25) is 4.79 Å². The molecule has 2 aliphatic carbocycles. The second kappa shape index (κ2) is 2.70. The molecular weight excluding hydrogens is 162 g/mol. The number of fused-ring (bicyclic) bond motifs is 1. The van der Waals surface area contributed by atoms with Crippen LogP contribution in [0.1, 0.15) is 32.1 Å². The van der Waals surface area contributed by atoms with Crippen molar-refractivity contribution < 1.29 is 4.79 Å². The quantitative estimate of drug-likeness (QED) is 0.529. The zero-order valence-electron chi connectivity index (χ0n) is 7.68. The maximum atomic E-state index is 11.8. The van der Waals surface area contributed by atoms with Gasteiger partial charge in [-0.1, -0.05) is 6.58 Å². The Balaban J connectivity index is 2.46. The van der Waals surface area contributed by atoms with E-state index in [1.807, 2.05) is 0 Å². The normalized spacial score (nSPS) is 38.5. The van der Waals surface area contributed by atoms with Crippen molar-refractivity contribution in [3.8, 4) is 6.07 Å². The van der Waals surface area contributed by atoms with E-state index in [1.54, 1.807) is 0 Å². The lowest BCUT2D eigenvalue weighted by atomic mass is 9.67. The van der Waals surface area contributed by atoms with E-state index in [-0.39, 0.29) is 11.7 Å². The van der Waals surface area contributed by atoms with Crippen LogP contribution >= 0.6 is 0 Å². The molecule has 13 heavy (non-hydrogen) atoms. The van der Waals surface area contributed by atoms with Crippen molar-refractivity contribution in [2.45, 2.75) is 32.1 Å². The molecule has 0 aliphatic heterocycles. The van der Waals surface area contributed by atoms with Crippen molar-refractivity contribution in [3.05, 3.63) is 12.2 Å². The van der Waals surface area contributed by atoms with Crippen molar-refractivity contribution in [2.75, 3.05) is 0 Å². The molecule has 0 bridgehead atoms. The van der Waals surface area contributed by atoms with E-state index in [4.69, 9.17) is 5.26 Å². The van der Waals surface area contributed by atoms with Gasteiger partial charge in [0.25, 0.3) is 0 Å². The smallest absolute Gasteiger partial charge is 0.157 e. The molecule has 2 atom stereocenters. The molecule has 0 N–H and O–H groups in total. The van der Waals surface area contributed by atoms with Gasteiger partial charge in [0.05, 0.1) is 6.07 Å². The third-order valence-corrected chi connectivity index (χ3v) is 3.54. The lowest BCUT2D eigenvalue weighted by molar-refractivity contribution is -0.128. The zero-order chi connectivity index (χ0) is 9.47. The number of allylic oxidation sites excluding steroid dienone is 1. The molecule has 0 aromatic carbocycles. The minimum Gasteiger partial charge on any atom is -0.298 e. The monoisotopic (exact) mass is 175 g/mol. The van der Waals surface area contributed by atoms with Crippen molar-refractivity contribution in [1.29, 1.82) is 5.26 Å². The second-order valence-corrected chi connectivity index (χ2v) is 4.07. The van der Waals surface area contributed by atoms with Crippen LogP contribution in [0, 0.1) is 22.7 Å². The van der Waals surface area contributed by atoms with Crippen molar-refractivity contribution >= 4 is 5.78 Å². The predicted octanol–water partition coefficient (Wildman–Crippen LogP) is 2.22. The van der Waals surface area contributed by atoms with Crippen LogP contribution < -0.4 is 0 Å². The Bertz CT molecular complexity index is 313. The predicted molar refractivity (Wildman–Crippen MR) is 48.8 cm³/mol. The first-order chi connectivity index (χ1) is 6.21. The van der Waals surface area contributed by atoms with Gasteiger partial charge < -0.3 is 0 Å². The fourth-order valence-corrected chi connectivity index (χ4v) is 2.78. The zero-order valence-corrected chi connectivity index (χ0v) is 7.68. The first kappa shape index (κ1) is 8.50. The van der Waals surface area contributed by atoms with Crippen molar-refractivity contribution in [2.24, 2.45) is 11.3 Å². The largest absolute Gasteiger partial charge is 0.298 e. The Hall–Kier alpha value is -1.10. The number of nitrogens with zero attached hydrogens (tertiary/aromatic N) is 1. The van der Waals surface area contributed by atoms with Gasteiger partial charge in [-0.05, 0) is 37.2 Å². The van der Waals surface area contributed by atoms with Crippen LogP contribution in [0.4, 0.5) is 0 Å². The second-order valence-electron chi connectivity index (χ2n) is 4.07. The molecule has 0 heterocycles. The number of Topliss-reactive ketones (excluding diaryl/α,β-unsaturated/α-hetero) is 1. The average molecular weight is 175 g/mol. The molecule has 0 unspecified atom stereocenters. The summed E-state index contributed by atoms with van der Waals surface area (Å²) >= 11 is 0. The summed E-state index contributed by atoms with van der Waals surface area (Å²) in [6, 6.07) is 2.23. The first-order valence-corrected chi connectivity index (χ1v) is 4.84. The van der Waals surface area contributed by atoms with E-state index < -0.39 is 5.41 Å². The van der Waals surface area contributed by atoms with E-state index >= 15 is 0 Å². The average Bonchev–Trinajstić information content (AvgIpc) is 2.46. The highest BCUT2D eigenvalue weighted by molar-refractivity contribution is 5.92. The van der Waals surface area contributed by atoms with Crippen molar-refractivity contribution in [1.82, 2.24) is 0 Å². The molecular formula is C11H13NO. The van der Waals surface area contributed by atoms with Crippen LogP contribution in [0.25, 0.3) is 0 Å². The van der Waals surface area contributed by atoms with E-state index in [0.717, 1.165) is 31.3 Å². The summed E-state index contributed by atoms with van der Waals surface area (Å²) in [6.45, 7) is 3.89. The molecule has 68 valence electrons. The molecule has 0 amide bonds. The van der Waals surface area contributed by atoms with E-state index in [1.165, 1.54) is 0 Å². The van der Waals surface area contributed by atoms with Crippen LogP contribution in [0.2, 0.25) is 0 Å². The number of carbonyl (C=O) groups excluding carboxylic acids is 1. The summed E-state index contributed by atoms with van der Waals surface area (Å²) in [5.41, 5.74) is 0.0859. The molecule has 2 fully saturated rings. The van der Waals surface area contributed by atoms with Gasteiger partial charge in [0.1, 0.15) is 5.41 Å². The summed E-state index contributed by atoms with van der Waals surface area (Å²) in [4.78, 5) is 11.8. The number of nitriles is 1. The van der Waals surface area contributed by atoms with Gasteiger partial charge in [0.15, 0.2) is 5.78 Å². The van der Waals surface area contributed by atoms with Crippen LogP contribution in [0.5, 0.6) is 0 Å². The van der Waals surface area contributed by atoms with Gasteiger partial charge in [0, 0.05) is 6.42 Å². The number of rotatable bonds is 0. The molecule has 2 rings (SSSR count). The van der Waals surface area contributed by atoms with E-state index in [9.17, 15) is 4.79 Å². The summed E-state index contributed by atoms with van der Waals surface area (Å²) in [5.74, 6) is 0.389. The number of hydrogen-bond donors (Lipinski definition) is 0. The Morgan fingerprint density at radius 3 is 2.85 bits per heavy atom. The van der Waals surface area contributed by atoms with Gasteiger partial charge in [-0.25, -0.2) is 0 Å². The third kappa shape index (κ3) is 0.904. The SMILES string of the molecule is C=C1CC[C@H]2CCCC(=O)[C@@]12C#N. The van der Waals surface area contributed by atoms with Crippen LogP contribution in [-0.2, 0) is 4.79 Å². The highest BCUT2D eigenvalue weighted by Gasteiger charge is 2.52. The Kier molecular flexibility index (Phi) is 1.76. The maximum absolute atomic E-state index is 11.8. The van der Waals surface area contributed by atoms with Crippen LogP contribution in [0.3, 0.4) is 0 Å². The molecule has 0 aromatic heterocycles. The molecule has 2 saturated carbocycles. The summed E-state index contributed by atoms with van der Waals surface area (Å²) in [5, 5.41) is 9.16. The molecule has 0 aromatic rings. The minimum atomic E-state index is -0.780. The standard InChI is InChI=1S/C11H13NO/c1-8-5-6-9-3-2-4-10(13)11(8,9)7-12/h9H,1-6H2/t9-,11+/m1/s1. The third-order valence-electron chi connectivity index (χ3n) is 3.54. The molecule has 2 heteroatoms.